The van der Waals surface area contributed by atoms with E-state index in [-0.39, 0.29) is 0 Å². The Hall–Kier alpha value is -3.33. The summed E-state index contributed by atoms with van der Waals surface area (Å²) in [5.74, 6) is 1.37. The van der Waals surface area contributed by atoms with Crippen LogP contribution in [-0.2, 0) is 0 Å². The van der Waals surface area contributed by atoms with Crippen LogP contribution in [0.15, 0.2) is 91.3 Å². The average Bonchev–Trinajstić information content (AvgIpc) is 2.70. The number of benzene rings is 3. The van der Waals surface area contributed by atoms with Crippen molar-refractivity contribution in [2.75, 3.05) is 0 Å². The monoisotopic (exact) mass is 309 g/mol. The zero-order chi connectivity index (χ0) is 16.2. The Balaban J connectivity index is 1.67. The number of aromatic nitrogens is 3. The van der Waals surface area contributed by atoms with Crippen LogP contribution in [-0.4, -0.2) is 15.0 Å². The highest BCUT2D eigenvalue weighted by Crippen LogP contribution is 2.23. The van der Waals surface area contributed by atoms with Gasteiger partial charge in [0.05, 0.1) is 0 Å². The van der Waals surface area contributed by atoms with Gasteiger partial charge in [0.15, 0.2) is 11.6 Å². The van der Waals surface area contributed by atoms with Crippen molar-refractivity contribution >= 4 is 0 Å². The lowest BCUT2D eigenvalue weighted by Crippen LogP contribution is -1.95. The summed E-state index contributed by atoms with van der Waals surface area (Å²) in [5, 5.41) is 0. The van der Waals surface area contributed by atoms with E-state index in [0.717, 1.165) is 11.1 Å². The second-order valence-corrected chi connectivity index (χ2v) is 5.44. The predicted octanol–water partition coefficient (Wildman–Crippen LogP) is 4.87. The first-order chi connectivity index (χ1) is 11.9. The third-order valence-corrected chi connectivity index (χ3v) is 3.85. The van der Waals surface area contributed by atoms with E-state index < -0.39 is 0 Å². The van der Waals surface area contributed by atoms with E-state index in [1.807, 2.05) is 60.7 Å². The predicted molar refractivity (Wildman–Crippen MR) is 96.1 cm³/mol. The minimum absolute atomic E-state index is 0.684. The zero-order valence-electron chi connectivity index (χ0n) is 13.0. The van der Waals surface area contributed by atoms with Crippen molar-refractivity contribution in [3.63, 3.8) is 0 Å². The molecule has 0 amide bonds. The maximum atomic E-state index is 4.59. The minimum atomic E-state index is 0.684. The molecule has 0 radical (unpaired) electrons. The maximum absolute atomic E-state index is 4.59. The number of hydrogen-bond acceptors (Lipinski definition) is 3. The molecule has 0 spiro atoms. The second-order valence-electron chi connectivity index (χ2n) is 5.44. The molecule has 0 N–H and O–H groups in total. The van der Waals surface area contributed by atoms with Gasteiger partial charge < -0.3 is 0 Å². The summed E-state index contributed by atoms with van der Waals surface area (Å²) in [5.41, 5.74) is 4.35. The summed E-state index contributed by atoms with van der Waals surface area (Å²) in [7, 11) is 0. The molecule has 4 rings (SSSR count). The highest BCUT2D eigenvalue weighted by molar-refractivity contribution is 5.68. The van der Waals surface area contributed by atoms with Crippen LogP contribution in [0.25, 0.3) is 33.9 Å². The van der Waals surface area contributed by atoms with Gasteiger partial charge in [-0.15, -0.1) is 0 Å². The Labute approximate surface area is 140 Å². The van der Waals surface area contributed by atoms with E-state index in [1.165, 1.54) is 11.1 Å². The van der Waals surface area contributed by atoms with Crippen LogP contribution in [0.2, 0.25) is 0 Å². The first-order valence-corrected chi connectivity index (χ1v) is 7.80. The van der Waals surface area contributed by atoms with E-state index in [0.29, 0.717) is 11.6 Å². The smallest absolute Gasteiger partial charge is 0.163 e. The molecule has 1 heterocycles. The molecule has 0 unspecified atom stereocenters. The fourth-order valence-electron chi connectivity index (χ4n) is 2.60. The second kappa shape index (κ2) is 6.42. The van der Waals surface area contributed by atoms with Gasteiger partial charge in [-0.05, 0) is 11.1 Å². The SMILES string of the molecule is c1ccc(-c2ccc(-c3ncnc(-c4ccccc4)n3)cc2)cc1. The van der Waals surface area contributed by atoms with Gasteiger partial charge in [0.25, 0.3) is 0 Å². The number of nitrogens with zero attached hydrogens (tertiary/aromatic N) is 3. The molecule has 4 aromatic rings. The Kier molecular flexibility index (Phi) is 3.82. The van der Waals surface area contributed by atoms with Crippen molar-refractivity contribution in [1.82, 2.24) is 15.0 Å². The van der Waals surface area contributed by atoms with Crippen molar-refractivity contribution in [3.05, 3.63) is 91.3 Å². The highest BCUT2D eigenvalue weighted by atomic mass is 15.0. The molecule has 0 aliphatic rings. The third-order valence-electron chi connectivity index (χ3n) is 3.85. The normalized spacial score (nSPS) is 10.5. The molecule has 0 fully saturated rings. The Morgan fingerprint density at radius 2 is 0.833 bits per heavy atom. The van der Waals surface area contributed by atoms with Gasteiger partial charge in [-0.25, -0.2) is 15.0 Å². The van der Waals surface area contributed by atoms with Gasteiger partial charge in [0.1, 0.15) is 6.33 Å². The Morgan fingerprint density at radius 1 is 0.417 bits per heavy atom. The molecule has 0 saturated carbocycles. The van der Waals surface area contributed by atoms with Crippen LogP contribution < -0.4 is 0 Å². The van der Waals surface area contributed by atoms with Crippen molar-refractivity contribution in [2.24, 2.45) is 0 Å². The summed E-state index contributed by atoms with van der Waals surface area (Å²) in [6, 6.07) is 28.5. The van der Waals surface area contributed by atoms with Crippen molar-refractivity contribution in [3.8, 4) is 33.9 Å². The summed E-state index contributed by atoms with van der Waals surface area (Å²) >= 11 is 0. The fourth-order valence-corrected chi connectivity index (χ4v) is 2.60. The molecular weight excluding hydrogens is 294 g/mol. The van der Waals surface area contributed by atoms with Crippen LogP contribution in [0, 0.1) is 0 Å². The van der Waals surface area contributed by atoms with Gasteiger partial charge in [-0.3, -0.25) is 0 Å². The minimum Gasteiger partial charge on any atom is -0.217 e. The molecule has 1 aromatic heterocycles. The molecular formula is C21H15N3. The Morgan fingerprint density at radius 3 is 1.42 bits per heavy atom. The molecule has 0 saturated heterocycles. The lowest BCUT2D eigenvalue weighted by molar-refractivity contribution is 1.07. The highest BCUT2D eigenvalue weighted by Gasteiger charge is 2.06. The van der Waals surface area contributed by atoms with Crippen molar-refractivity contribution in [1.29, 1.82) is 0 Å². The van der Waals surface area contributed by atoms with Crippen LogP contribution in [0.5, 0.6) is 0 Å². The van der Waals surface area contributed by atoms with Gasteiger partial charge in [0.2, 0.25) is 0 Å². The first kappa shape index (κ1) is 14.3. The maximum Gasteiger partial charge on any atom is 0.163 e. The molecule has 114 valence electrons. The summed E-state index contributed by atoms with van der Waals surface area (Å²) in [6.07, 6.45) is 1.57. The van der Waals surface area contributed by atoms with Crippen molar-refractivity contribution < 1.29 is 0 Å². The standard InChI is InChI=1S/C21H15N3/c1-3-7-16(8-4-1)17-11-13-19(14-12-17)21-23-15-22-20(24-21)18-9-5-2-6-10-18/h1-15H. The van der Waals surface area contributed by atoms with E-state index in [1.54, 1.807) is 6.33 Å². The Bertz CT molecular complexity index is 933. The van der Waals surface area contributed by atoms with E-state index in [4.69, 9.17) is 0 Å². The van der Waals surface area contributed by atoms with Gasteiger partial charge >= 0.3 is 0 Å². The van der Waals surface area contributed by atoms with Crippen LogP contribution in [0.1, 0.15) is 0 Å². The van der Waals surface area contributed by atoms with E-state index in [9.17, 15) is 0 Å². The molecule has 3 nitrogen and oxygen atoms in total. The molecule has 0 atom stereocenters. The summed E-state index contributed by atoms with van der Waals surface area (Å²) in [6.45, 7) is 0. The molecule has 3 heteroatoms. The van der Waals surface area contributed by atoms with Crippen molar-refractivity contribution in [2.45, 2.75) is 0 Å². The molecule has 0 bridgehead atoms. The molecule has 3 aromatic carbocycles. The summed E-state index contributed by atoms with van der Waals surface area (Å²) < 4.78 is 0. The average molecular weight is 309 g/mol. The van der Waals surface area contributed by atoms with Gasteiger partial charge in [-0.1, -0.05) is 84.9 Å². The molecule has 24 heavy (non-hydrogen) atoms. The lowest BCUT2D eigenvalue weighted by atomic mass is 10.0. The quantitative estimate of drug-likeness (QED) is 0.542. The lowest BCUT2D eigenvalue weighted by Gasteiger charge is -2.05. The molecule has 0 aliphatic carbocycles. The number of hydrogen-bond donors (Lipinski definition) is 0. The number of rotatable bonds is 3. The van der Waals surface area contributed by atoms with Crippen LogP contribution in [0.3, 0.4) is 0 Å². The first-order valence-electron chi connectivity index (χ1n) is 7.80. The van der Waals surface area contributed by atoms with Crippen LogP contribution in [0.4, 0.5) is 0 Å². The zero-order valence-corrected chi connectivity index (χ0v) is 13.0. The van der Waals surface area contributed by atoms with Gasteiger partial charge in [-0.2, -0.15) is 0 Å². The van der Waals surface area contributed by atoms with Gasteiger partial charge in [0, 0.05) is 11.1 Å². The fraction of sp³-hybridized carbons (Fsp3) is 0. The summed E-state index contributed by atoms with van der Waals surface area (Å²) in [4.78, 5) is 13.2. The largest absolute Gasteiger partial charge is 0.217 e. The van der Waals surface area contributed by atoms with E-state index in [2.05, 4.69) is 39.2 Å². The van der Waals surface area contributed by atoms with Crippen LogP contribution >= 0.6 is 0 Å². The molecule has 0 aliphatic heterocycles. The third kappa shape index (κ3) is 2.92. The van der Waals surface area contributed by atoms with E-state index >= 15 is 0 Å². The topological polar surface area (TPSA) is 38.7 Å².